The summed E-state index contributed by atoms with van der Waals surface area (Å²) < 4.78 is 8.62. The van der Waals surface area contributed by atoms with Crippen LogP contribution in [0.5, 0.6) is 0 Å². The molecule has 6 rings (SSSR count). The van der Waals surface area contributed by atoms with Gasteiger partial charge in [0.25, 0.3) is 0 Å². The van der Waals surface area contributed by atoms with Crippen molar-refractivity contribution in [2.24, 2.45) is 7.05 Å². The molecule has 2 heterocycles. The second kappa shape index (κ2) is 11.7. The molecule has 0 saturated heterocycles. The fourth-order valence-corrected chi connectivity index (χ4v) is 4.93. The fourth-order valence-electron chi connectivity index (χ4n) is 4.93. The fraction of sp³-hybridized carbons (Fsp3) is 0.0263. The Kier molecular flexibility index (Phi) is 7.32. The lowest BCUT2D eigenvalue weighted by Crippen LogP contribution is -2.34. The first kappa shape index (κ1) is 25.1. The smallest absolute Gasteiger partial charge is 0.213 e. The van der Waals surface area contributed by atoms with Crippen LogP contribution in [0.1, 0.15) is 16.7 Å². The maximum absolute atomic E-state index is 6.35. The van der Waals surface area contributed by atoms with E-state index >= 15 is 0 Å². The normalized spacial score (nSPS) is 13.0. The van der Waals surface area contributed by atoms with Gasteiger partial charge in [0.05, 0.1) is 0 Å². The minimum absolute atomic E-state index is 0.839. The quantitative estimate of drug-likeness (QED) is 0.205. The molecule has 0 unspecified atom stereocenters. The molecule has 5 aromatic rings. The zero-order valence-corrected chi connectivity index (χ0v) is 22.4. The van der Waals surface area contributed by atoms with Gasteiger partial charge in [-0.2, -0.15) is 4.57 Å². The number of pyridine rings is 1. The Morgan fingerprint density at radius 1 is 0.525 bits per heavy atom. The van der Waals surface area contributed by atoms with Gasteiger partial charge in [0, 0.05) is 34.4 Å². The summed E-state index contributed by atoms with van der Waals surface area (Å²) in [5.74, 6) is 1.68. The van der Waals surface area contributed by atoms with Crippen LogP contribution in [0.4, 0.5) is 0 Å². The third-order valence-corrected chi connectivity index (χ3v) is 6.98. The number of ether oxygens (including phenoxy) is 1. The van der Waals surface area contributed by atoms with Crippen LogP contribution in [0.15, 0.2) is 163 Å². The minimum atomic E-state index is 0.839. The van der Waals surface area contributed by atoms with Crippen LogP contribution in [0.2, 0.25) is 0 Å². The van der Waals surface area contributed by atoms with Crippen molar-refractivity contribution in [3.05, 3.63) is 180 Å². The predicted octanol–water partition coefficient (Wildman–Crippen LogP) is 8.90. The van der Waals surface area contributed by atoms with E-state index < -0.39 is 0 Å². The van der Waals surface area contributed by atoms with E-state index in [0.717, 1.165) is 45.2 Å². The zero-order valence-electron chi connectivity index (χ0n) is 22.4. The van der Waals surface area contributed by atoms with E-state index in [4.69, 9.17) is 4.74 Å². The molecular weight excluding hydrogens is 486 g/mol. The molecule has 0 N–H and O–H groups in total. The third kappa shape index (κ3) is 5.62. The average Bonchev–Trinajstić information content (AvgIpc) is 3.03. The predicted molar refractivity (Wildman–Crippen MR) is 166 cm³/mol. The molecule has 0 saturated carbocycles. The van der Waals surface area contributed by atoms with Gasteiger partial charge in [-0.3, -0.25) is 0 Å². The van der Waals surface area contributed by atoms with Crippen LogP contribution >= 0.6 is 0 Å². The third-order valence-electron chi connectivity index (χ3n) is 6.98. The highest BCUT2D eigenvalue weighted by atomic mass is 16.5. The zero-order chi connectivity index (χ0) is 27.1. The van der Waals surface area contributed by atoms with Crippen molar-refractivity contribution in [3.8, 4) is 22.5 Å². The largest absolute Gasteiger partial charge is 0.456 e. The molecule has 0 atom stereocenters. The van der Waals surface area contributed by atoms with Gasteiger partial charge in [-0.15, -0.1) is 0 Å². The number of hydrogen-bond acceptors (Lipinski definition) is 1. The molecular formula is C38H30NO+. The Morgan fingerprint density at radius 3 is 1.35 bits per heavy atom. The van der Waals surface area contributed by atoms with Crippen LogP contribution in [0, 0.1) is 0 Å². The summed E-state index contributed by atoms with van der Waals surface area (Å²) in [7, 11) is 2.13. The van der Waals surface area contributed by atoms with E-state index in [2.05, 4.69) is 139 Å². The number of rotatable bonds is 6. The summed E-state index contributed by atoms with van der Waals surface area (Å²) >= 11 is 0. The number of hydrogen-bond donors (Lipinski definition) is 0. The summed E-state index contributed by atoms with van der Waals surface area (Å²) in [4.78, 5) is 0. The standard InChI is InChI=1S/C38H30NO/c1-39-35(31-17-6-2-7-18-31)25-29(26-36(39)32-19-8-3-9-20-32)15-14-16-30-27-37(33-21-10-4-11-22-33)40-38(28-30)34-23-12-5-13-24-34/h2-28H,1H3/q+1/b15-14+. The maximum atomic E-state index is 6.35. The van der Waals surface area contributed by atoms with Gasteiger partial charge in [-0.1, -0.05) is 115 Å². The Balaban J connectivity index is 1.40. The minimum Gasteiger partial charge on any atom is -0.456 e. The van der Waals surface area contributed by atoms with Gasteiger partial charge >= 0.3 is 0 Å². The van der Waals surface area contributed by atoms with Gasteiger partial charge in [-0.05, 0) is 47.6 Å². The lowest BCUT2D eigenvalue weighted by atomic mass is 10.0. The molecule has 0 fully saturated rings. The summed E-state index contributed by atoms with van der Waals surface area (Å²) in [6.07, 6.45) is 10.6. The van der Waals surface area contributed by atoms with Crippen molar-refractivity contribution >= 4 is 17.6 Å². The molecule has 0 aliphatic carbocycles. The van der Waals surface area contributed by atoms with E-state index in [0.29, 0.717) is 0 Å². The van der Waals surface area contributed by atoms with E-state index in [1.54, 1.807) is 0 Å². The number of allylic oxidation sites excluding steroid dienone is 5. The summed E-state index contributed by atoms with van der Waals surface area (Å²) in [5.41, 5.74) is 9.02. The number of benzene rings is 4. The second-order valence-corrected chi connectivity index (χ2v) is 9.73. The van der Waals surface area contributed by atoms with Gasteiger partial charge in [0.2, 0.25) is 11.4 Å². The molecule has 2 nitrogen and oxygen atoms in total. The highest BCUT2D eigenvalue weighted by Crippen LogP contribution is 2.32. The van der Waals surface area contributed by atoms with Gasteiger partial charge < -0.3 is 4.74 Å². The highest BCUT2D eigenvalue weighted by Gasteiger charge is 2.18. The molecule has 1 aromatic heterocycles. The Bertz CT molecular complexity index is 1610. The first-order valence-electron chi connectivity index (χ1n) is 13.5. The average molecular weight is 517 g/mol. The monoisotopic (exact) mass is 516 g/mol. The van der Waals surface area contributed by atoms with Crippen molar-refractivity contribution in [1.82, 2.24) is 0 Å². The van der Waals surface area contributed by atoms with Crippen molar-refractivity contribution in [2.75, 3.05) is 0 Å². The first-order chi connectivity index (χ1) is 19.7. The second-order valence-electron chi connectivity index (χ2n) is 9.73. The van der Waals surface area contributed by atoms with E-state index in [1.807, 2.05) is 36.4 Å². The number of nitrogens with zero attached hydrogens (tertiary/aromatic N) is 1. The molecule has 0 radical (unpaired) electrons. The molecule has 40 heavy (non-hydrogen) atoms. The Morgan fingerprint density at radius 2 is 0.925 bits per heavy atom. The van der Waals surface area contributed by atoms with Crippen LogP contribution < -0.4 is 4.57 Å². The van der Waals surface area contributed by atoms with Crippen LogP contribution in [0.3, 0.4) is 0 Å². The van der Waals surface area contributed by atoms with Crippen molar-refractivity contribution in [3.63, 3.8) is 0 Å². The van der Waals surface area contributed by atoms with Crippen molar-refractivity contribution in [1.29, 1.82) is 0 Å². The van der Waals surface area contributed by atoms with Crippen molar-refractivity contribution < 1.29 is 9.30 Å². The molecule has 2 heteroatoms. The van der Waals surface area contributed by atoms with Gasteiger partial charge in [-0.25, -0.2) is 0 Å². The summed E-state index contributed by atoms with van der Waals surface area (Å²) in [5, 5.41) is 0. The highest BCUT2D eigenvalue weighted by molar-refractivity contribution is 5.78. The number of aromatic nitrogens is 1. The van der Waals surface area contributed by atoms with E-state index in [-0.39, 0.29) is 0 Å². The first-order valence-corrected chi connectivity index (χ1v) is 13.5. The molecule has 0 spiro atoms. The van der Waals surface area contributed by atoms with Gasteiger partial charge in [0.15, 0.2) is 0 Å². The molecule has 1 aliphatic heterocycles. The molecule has 0 bridgehead atoms. The van der Waals surface area contributed by atoms with Crippen molar-refractivity contribution in [2.45, 2.75) is 0 Å². The molecule has 192 valence electrons. The lowest BCUT2D eigenvalue weighted by molar-refractivity contribution is -0.649. The van der Waals surface area contributed by atoms with E-state index in [1.165, 1.54) is 11.1 Å². The summed E-state index contributed by atoms with van der Waals surface area (Å²) in [6, 6.07) is 46.1. The van der Waals surface area contributed by atoms with Crippen LogP contribution in [-0.2, 0) is 11.8 Å². The van der Waals surface area contributed by atoms with Crippen LogP contribution in [0.25, 0.3) is 40.1 Å². The molecule has 4 aromatic carbocycles. The van der Waals surface area contributed by atoms with Gasteiger partial charge in [0.1, 0.15) is 18.6 Å². The lowest BCUT2D eigenvalue weighted by Gasteiger charge is -2.18. The van der Waals surface area contributed by atoms with Crippen LogP contribution in [-0.4, -0.2) is 0 Å². The van der Waals surface area contributed by atoms with E-state index in [9.17, 15) is 0 Å². The SMILES string of the molecule is C[n+]1c(-c2ccccc2)cc(/C=C/C=C2C=C(c3ccccc3)OC(c3ccccc3)=C2)cc1-c1ccccc1. The molecule has 1 aliphatic rings. The Hall–Kier alpha value is -5.21. The Labute approximate surface area is 236 Å². The topological polar surface area (TPSA) is 13.1 Å². The molecule has 0 amide bonds. The summed E-state index contributed by atoms with van der Waals surface area (Å²) in [6.45, 7) is 0. The maximum Gasteiger partial charge on any atom is 0.213 e.